The van der Waals surface area contributed by atoms with Crippen molar-refractivity contribution in [3.05, 3.63) is 0 Å². The third kappa shape index (κ3) is 25.3. The largest absolute Gasteiger partial charge is 0.466 e. The van der Waals surface area contributed by atoms with Crippen molar-refractivity contribution < 1.29 is 14.3 Å². The summed E-state index contributed by atoms with van der Waals surface area (Å²) in [7, 11) is 0. The minimum Gasteiger partial charge on any atom is -0.466 e. The smallest absolute Gasteiger partial charge is 0.302 e. The van der Waals surface area contributed by atoms with Crippen LogP contribution in [0.1, 0.15) is 60.8 Å². The van der Waals surface area contributed by atoms with Crippen LogP contribution in [0.15, 0.2) is 0 Å². The lowest BCUT2D eigenvalue weighted by Crippen LogP contribution is -2.23. The Morgan fingerprint density at radius 3 is 2.06 bits per heavy atom. The maximum Gasteiger partial charge on any atom is 0.302 e. The van der Waals surface area contributed by atoms with Gasteiger partial charge < -0.3 is 10.1 Å². The number of carbonyl (C=O) groups is 2. The molecule has 0 aromatic carbocycles. The standard InChI is InChI=1S/C9H17NO3.2C2H6/c1-3-6-10-9(12)5-4-7-13-8(2)11;2*1-2/h3-7H2,1-2H3,(H,10,12);2*1-2H3. The van der Waals surface area contributed by atoms with E-state index in [0.717, 1.165) is 6.42 Å². The highest BCUT2D eigenvalue weighted by Gasteiger charge is 2.00. The topological polar surface area (TPSA) is 55.4 Å². The second kappa shape index (κ2) is 20.4. The van der Waals surface area contributed by atoms with Gasteiger partial charge in [0.2, 0.25) is 5.91 Å². The maximum atomic E-state index is 11.0. The number of hydrogen-bond donors (Lipinski definition) is 1. The molecule has 4 nitrogen and oxygen atoms in total. The predicted octanol–water partition coefficient (Wildman–Crippen LogP) is 2.91. The zero-order valence-corrected chi connectivity index (χ0v) is 12.3. The van der Waals surface area contributed by atoms with Crippen molar-refractivity contribution in [1.82, 2.24) is 5.32 Å². The van der Waals surface area contributed by atoms with Crippen LogP contribution in [-0.4, -0.2) is 25.0 Å². The summed E-state index contributed by atoms with van der Waals surface area (Å²) in [5, 5.41) is 2.74. The fraction of sp³-hybridized carbons (Fsp3) is 0.846. The van der Waals surface area contributed by atoms with E-state index < -0.39 is 0 Å². The molecular weight excluding hydrogens is 218 g/mol. The Kier molecular flexibility index (Phi) is 25.5. The fourth-order valence-corrected chi connectivity index (χ4v) is 0.801. The minimum absolute atomic E-state index is 0.0222. The third-order valence-electron chi connectivity index (χ3n) is 1.43. The SMILES string of the molecule is CC.CC.CCCNC(=O)CCCOC(C)=O. The molecule has 104 valence electrons. The van der Waals surface area contributed by atoms with Crippen LogP contribution in [0.5, 0.6) is 0 Å². The number of nitrogens with one attached hydrogen (secondary N) is 1. The predicted molar refractivity (Wildman–Crippen MR) is 71.9 cm³/mol. The van der Waals surface area contributed by atoms with E-state index in [2.05, 4.69) is 10.1 Å². The number of rotatable bonds is 6. The summed E-state index contributed by atoms with van der Waals surface area (Å²) >= 11 is 0. The molecule has 0 heterocycles. The van der Waals surface area contributed by atoms with Gasteiger partial charge in [-0.1, -0.05) is 34.6 Å². The van der Waals surface area contributed by atoms with E-state index in [0.29, 0.717) is 26.0 Å². The Morgan fingerprint density at radius 2 is 1.65 bits per heavy atom. The summed E-state index contributed by atoms with van der Waals surface area (Å²) in [5.41, 5.74) is 0. The summed E-state index contributed by atoms with van der Waals surface area (Å²) in [6.07, 6.45) is 1.96. The van der Waals surface area contributed by atoms with Crippen molar-refractivity contribution in [3.8, 4) is 0 Å². The summed E-state index contributed by atoms with van der Waals surface area (Å²) in [6.45, 7) is 12.4. The fourth-order valence-electron chi connectivity index (χ4n) is 0.801. The first-order valence-corrected chi connectivity index (χ1v) is 6.57. The second-order valence-electron chi connectivity index (χ2n) is 2.79. The number of esters is 1. The summed E-state index contributed by atoms with van der Waals surface area (Å²) < 4.78 is 4.68. The van der Waals surface area contributed by atoms with E-state index in [1.54, 1.807) is 0 Å². The highest BCUT2D eigenvalue weighted by atomic mass is 16.5. The molecule has 1 N–H and O–H groups in total. The summed E-state index contributed by atoms with van der Waals surface area (Å²) in [5.74, 6) is -0.275. The lowest BCUT2D eigenvalue weighted by atomic mass is 10.3. The van der Waals surface area contributed by atoms with Gasteiger partial charge in [0, 0.05) is 19.9 Å². The molecule has 0 fully saturated rings. The molecule has 0 saturated heterocycles. The van der Waals surface area contributed by atoms with Crippen molar-refractivity contribution in [2.24, 2.45) is 0 Å². The Balaban J connectivity index is -0.000000439. The minimum atomic E-state index is -0.297. The number of carbonyl (C=O) groups excluding carboxylic acids is 2. The molecule has 1 amide bonds. The van der Waals surface area contributed by atoms with Gasteiger partial charge in [0.25, 0.3) is 0 Å². The van der Waals surface area contributed by atoms with E-state index >= 15 is 0 Å². The van der Waals surface area contributed by atoms with Gasteiger partial charge in [0.1, 0.15) is 0 Å². The van der Waals surface area contributed by atoms with E-state index in [-0.39, 0.29) is 11.9 Å². The maximum absolute atomic E-state index is 11.0. The molecule has 0 spiro atoms. The number of ether oxygens (including phenoxy) is 1. The zero-order chi connectivity index (χ0) is 14.1. The second-order valence-corrected chi connectivity index (χ2v) is 2.79. The van der Waals surface area contributed by atoms with E-state index in [1.165, 1.54) is 6.92 Å². The van der Waals surface area contributed by atoms with Crippen LogP contribution in [0.3, 0.4) is 0 Å². The van der Waals surface area contributed by atoms with Gasteiger partial charge >= 0.3 is 5.97 Å². The van der Waals surface area contributed by atoms with Crippen LogP contribution in [0.25, 0.3) is 0 Å². The molecule has 0 saturated carbocycles. The van der Waals surface area contributed by atoms with Gasteiger partial charge in [0.15, 0.2) is 0 Å². The molecule has 0 atom stereocenters. The first kappa shape index (κ1) is 21.2. The Labute approximate surface area is 106 Å². The average molecular weight is 247 g/mol. The molecule has 0 radical (unpaired) electrons. The molecule has 0 aromatic rings. The molecule has 0 unspecified atom stereocenters. The van der Waals surface area contributed by atoms with Crippen LogP contribution in [0.4, 0.5) is 0 Å². The van der Waals surface area contributed by atoms with Crippen molar-refractivity contribution in [2.75, 3.05) is 13.2 Å². The van der Waals surface area contributed by atoms with Gasteiger partial charge in [-0.25, -0.2) is 0 Å². The van der Waals surface area contributed by atoms with Crippen LogP contribution >= 0.6 is 0 Å². The molecule has 0 bridgehead atoms. The molecule has 0 aliphatic rings. The molecular formula is C13H29NO3. The quantitative estimate of drug-likeness (QED) is 0.580. The number of amides is 1. The first-order chi connectivity index (χ1) is 8.16. The summed E-state index contributed by atoms with van der Waals surface area (Å²) in [4.78, 5) is 21.3. The van der Waals surface area contributed by atoms with E-state index in [4.69, 9.17) is 0 Å². The molecule has 0 aromatic heterocycles. The van der Waals surface area contributed by atoms with Crippen molar-refractivity contribution in [3.63, 3.8) is 0 Å². The van der Waals surface area contributed by atoms with Crippen molar-refractivity contribution in [1.29, 1.82) is 0 Å². The lowest BCUT2D eigenvalue weighted by molar-refractivity contribution is -0.141. The zero-order valence-electron chi connectivity index (χ0n) is 12.3. The van der Waals surface area contributed by atoms with Gasteiger partial charge in [-0.15, -0.1) is 0 Å². The highest BCUT2D eigenvalue weighted by Crippen LogP contribution is 1.90. The van der Waals surface area contributed by atoms with Crippen LogP contribution in [0.2, 0.25) is 0 Å². The molecule has 4 heteroatoms. The van der Waals surface area contributed by atoms with E-state index in [9.17, 15) is 9.59 Å². The van der Waals surface area contributed by atoms with Gasteiger partial charge in [-0.2, -0.15) is 0 Å². The Morgan fingerprint density at radius 1 is 1.12 bits per heavy atom. The Hall–Kier alpha value is -1.06. The molecule has 0 rings (SSSR count). The van der Waals surface area contributed by atoms with Crippen LogP contribution < -0.4 is 5.32 Å². The molecule has 0 aliphatic carbocycles. The number of hydrogen-bond acceptors (Lipinski definition) is 3. The Bertz CT molecular complexity index is 170. The molecule has 0 aliphatic heterocycles. The normalized spacial score (nSPS) is 7.88. The third-order valence-corrected chi connectivity index (χ3v) is 1.43. The van der Waals surface area contributed by atoms with E-state index in [1.807, 2.05) is 34.6 Å². The highest BCUT2D eigenvalue weighted by molar-refractivity contribution is 5.75. The van der Waals surface area contributed by atoms with Crippen molar-refractivity contribution in [2.45, 2.75) is 60.8 Å². The van der Waals surface area contributed by atoms with Gasteiger partial charge in [-0.05, 0) is 12.8 Å². The average Bonchev–Trinajstić information content (AvgIpc) is 2.37. The van der Waals surface area contributed by atoms with Crippen LogP contribution in [0, 0.1) is 0 Å². The summed E-state index contributed by atoms with van der Waals surface area (Å²) in [6, 6.07) is 0. The van der Waals surface area contributed by atoms with Gasteiger partial charge in [-0.3, -0.25) is 9.59 Å². The van der Waals surface area contributed by atoms with Crippen LogP contribution in [-0.2, 0) is 14.3 Å². The lowest BCUT2D eigenvalue weighted by Gasteiger charge is -2.03. The monoisotopic (exact) mass is 247 g/mol. The first-order valence-electron chi connectivity index (χ1n) is 6.57. The van der Waals surface area contributed by atoms with Gasteiger partial charge in [0.05, 0.1) is 6.61 Å². The van der Waals surface area contributed by atoms with Crippen molar-refractivity contribution >= 4 is 11.9 Å². The molecule has 17 heavy (non-hydrogen) atoms.